The zero-order valence-electron chi connectivity index (χ0n) is 11.5. The lowest BCUT2D eigenvalue weighted by molar-refractivity contribution is -0.122. The minimum atomic E-state index is 0.0464. The number of carbonyl (C=O) groups excluding carboxylic acids is 1. The van der Waals surface area contributed by atoms with Gasteiger partial charge in [0.2, 0.25) is 5.91 Å². The molecule has 2 aromatic heterocycles. The van der Waals surface area contributed by atoms with Gasteiger partial charge in [-0.15, -0.1) is 0 Å². The normalized spacial score (nSPS) is 21.7. The van der Waals surface area contributed by atoms with Gasteiger partial charge in [-0.2, -0.15) is 0 Å². The first-order chi connectivity index (χ1) is 9.65. The molecule has 1 amide bonds. The van der Waals surface area contributed by atoms with E-state index in [0.717, 1.165) is 29.8 Å². The fourth-order valence-electron chi connectivity index (χ4n) is 2.50. The number of carbonyl (C=O) groups is 1. The molecule has 106 valence electrons. The van der Waals surface area contributed by atoms with Gasteiger partial charge < -0.3 is 15.6 Å². The van der Waals surface area contributed by atoms with Crippen LogP contribution >= 0.6 is 0 Å². The summed E-state index contributed by atoms with van der Waals surface area (Å²) in [6.45, 7) is 0. The maximum atomic E-state index is 11.9. The standard InChI is InChI=1S/C14H19N5O/c1-19-12(17-11-3-2-8-16-14(11)19)6-7-13(20)18-10-5-4-9(10)15/h2-3,8-10H,4-7,15H2,1H3,(H,18,20)/t9-,10+/m0/s1. The predicted molar refractivity (Wildman–Crippen MR) is 76.0 cm³/mol. The average molecular weight is 273 g/mol. The monoisotopic (exact) mass is 273 g/mol. The SMILES string of the molecule is Cn1c(CCC(=O)N[C@@H]2CC[C@@H]2N)nc2cccnc21. The molecule has 0 saturated heterocycles. The first kappa shape index (κ1) is 13.1. The van der Waals surface area contributed by atoms with Gasteiger partial charge >= 0.3 is 0 Å². The largest absolute Gasteiger partial charge is 0.352 e. The quantitative estimate of drug-likeness (QED) is 0.849. The second-order valence-electron chi connectivity index (χ2n) is 5.35. The number of amides is 1. The molecule has 3 N–H and O–H groups in total. The molecule has 3 rings (SSSR count). The highest BCUT2D eigenvalue weighted by molar-refractivity contribution is 5.77. The topological polar surface area (TPSA) is 85.8 Å². The Kier molecular flexibility index (Phi) is 3.40. The number of hydrogen-bond acceptors (Lipinski definition) is 4. The number of rotatable bonds is 4. The van der Waals surface area contributed by atoms with Gasteiger partial charge in [-0.3, -0.25) is 4.79 Å². The van der Waals surface area contributed by atoms with Gasteiger partial charge in [0.05, 0.1) is 0 Å². The fourth-order valence-corrected chi connectivity index (χ4v) is 2.50. The average Bonchev–Trinajstić information content (AvgIpc) is 2.78. The summed E-state index contributed by atoms with van der Waals surface area (Å²) in [7, 11) is 1.93. The molecule has 20 heavy (non-hydrogen) atoms. The number of nitrogens with zero attached hydrogens (tertiary/aromatic N) is 3. The summed E-state index contributed by atoms with van der Waals surface area (Å²) in [4.78, 5) is 20.7. The van der Waals surface area contributed by atoms with Crippen LogP contribution in [-0.4, -0.2) is 32.5 Å². The van der Waals surface area contributed by atoms with Gasteiger partial charge in [-0.25, -0.2) is 9.97 Å². The molecule has 1 aliphatic rings. The van der Waals surface area contributed by atoms with Crippen molar-refractivity contribution in [2.75, 3.05) is 0 Å². The Morgan fingerprint density at radius 3 is 3.05 bits per heavy atom. The molecule has 6 nitrogen and oxygen atoms in total. The van der Waals surface area contributed by atoms with Crippen molar-refractivity contribution >= 4 is 17.1 Å². The molecule has 0 spiro atoms. The van der Waals surface area contributed by atoms with E-state index in [-0.39, 0.29) is 18.0 Å². The van der Waals surface area contributed by atoms with Crippen molar-refractivity contribution in [3.63, 3.8) is 0 Å². The van der Waals surface area contributed by atoms with E-state index in [2.05, 4.69) is 15.3 Å². The Hall–Kier alpha value is -1.95. The number of aryl methyl sites for hydroxylation is 2. The van der Waals surface area contributed by atoms with Crippen LogP contribution in [0.5, 0.6) is 0 Å². The Morgan fingerprint density at radius 2 is 2.40 bits per heavy atom. The number of nitrogens with two attached hydrogens (primary N) is 1. The molecular weight excluding hydrogens is 254 g/mol. The van der Waals surface area contributed by atoms with E-state index in [1.165, 1.54) is 0 Å². The van der Waals surface area contributed by atoms with E-state index in [1.807, 2.05) is 23.7 Å². The van der Waals surface area contributed by atoms with Crippen LogP contribution in [-0.2, 0) is 18.3 Å². The molecule has 0 bridgehead atoms. The van der Waals surface area contributed by atoms with Crippen molar-refractivity contribution in [3.05, 3.63) is 24.2 Å². The molecule has 2 atom stereocenters. The molecule has 2 heterocycles. The number of aromatic nitrogens is 3. The smallest absolute Gasteiger partial charge is 0.220 e. The summed E-state index contributed by atoms with van der Waals surface area (Å²) >= 11 is 0. The Bertz CT molecular complexity index is 636. The van der Waals surface area contributed by atoms with E-state index in [4.69, 9.17) is 5.73 Å². The van der Waals surface area contributed by atoms with E-state index >= 15 is 0 Å². The van der Waals surface area contributed by atoms with Crippen molar-refractivity contribution in [2.45, 2.75) is 37.8 Å². The third-order valence-corrected chi connectivity index (χ3v) is 3.97. The highest BCUT2D eigenvalue weighted by Crippen LogP contribution is 2.17. The number of imidazole rings is 1. The molecule has 1 fully saturated rings. The minimum absolute atomic E-state index is 0.0464. The summed E-state index contributed by atoms with van der Waals surface area (Å²) in [5, 5.41) is 2.97. The first-order valence-electron chi connectivity index (χ1n) is 6.96. The first-order valence-corrected chi connectivity index (χ1v) is 6.96. The fraction of sp³-hybridized carbons (Fsp3) is 0.500. The van der Waals surface area contributed by atoms with Crippen molar-refractivity contribution in [3.8, 4) is 0 Å². The van der Waals surface area contributed by atoms with Crippen molar-refractivity contribution in [1.29, 1.82) is 0 Å². The molecule has 6 heteroatoms. The highest BCUT2D eigenvalue weighted by Gasteiger charge is 2.28. The van der Waals surface area contributed by atoms with Crippen LogP contribution in [0.2, 0.25) is 0 Å². The number of hydrogen-bond donors (Lipinski definition) is 2. The summed E-state index contributed by atoms with van der Waals surface area (Å²) in [5.74, 6) is 0.928. The van der Waals surface area contributed by atoms with Gasteiger partial charge in [-0.05, 0) is 25.0 Å². The Morgan fingerprint density at radius 1 is 1.55 bits per heavy atom. The number of fused-ring (bicyclic) bond motifs is 1. The number of nitrogens with one attached hydrogen (secondary N) is 1. The van der Waals surface area contributed by atoms with E-state index < -0.39 is 0 Å². The van der Waals surface area contributed by atoms with Crippen molar-refractivity contribution in [1.82, 2.24) is 19.9 Å². The van der Waals surface area contributed by atoms with E-state index in [9.17, 15) is 4.79 Å². The Labute approximate surface area is 117 Å². The third kappa shape index (κ3) is 2.38. The van der Waals surface area contributed by atoms with Gasteiger partial charge in [0, 0.05) is 38.2 Å². The van der Waals surface area contributed by atoms with Crippen LogP contribution in [0.1, 0.15) is 25.1 Å². The van der Waals surface area contributed by atoms with Crippen LogP contribution in [0.15, 0.2) is 18.3 Å². The van der Waals surface area contributed by atoms with Gasteiger partial charge in [0.1, 0.15) is 11.3 Å². The molecule has 2 aromatic rings. The number of pyridine rings is 1. The summed E-state index contributed by atoms with van der Waals surface area (Å²) in [6, 6.07) is 4.08. The summed E-state index contributed by atoms with van der Waals surface area (Å²) in [6.07, 6.45) is 4.78. The second-order valence-corrected chi connectivity index (χ2v) is 5.35. The van der Waals surface area contributed by atoms with E-state index in [0.29, 0.717) is 12.8 Å². The maximum absolute atomic E-state index is 11.9. The van der Waals surface area contributed by atoms with Gasteiger partial charge in [-0.1, -0.05) is 0 Å². The van der Waals surface area contributed by atoms with Crippen LogP contribution in [0.4, 0.5) is 0 Å². The van der Waals surface area contributed by atoms with Gasteiger partial charge in [0.25, 0.3) is 0 Å². The summed E-state index contributed by atoms with van der Waals surface area (Å²) < 4.78 is 1.94. The van der Waals surface area contributed by atoms with Crippen LogP contribution in [0.3, 0.4) is 0 Å². The highest BCUT2D eigenvalue weighted by atomic mass is 16.1. The second kappa shape index (κ2) is 5.20. The lowest BCUT2D eigenvalue weighted by Gasteiger charge is -2.34. The molecule has 0 aliphatic heterocycles. The van der Waals surface area contributed by atoms with Crippen LogP contribution in [0.25, 0.3) is 11.2 Å². The van der Waals surface area contributed by atoms with Crippen molar-refractivity contribution < 1.29 is 4.79 Å². The van der Waals surface area contributed by atoms with Crippen LogP contribution in [0, 0.1) is 0 Å². The zero-order valence-corrected chi connectivity index (χ0v) is 11.5. The summed E-state index contributed by atoms with van der Waals surface area (Å²) in [5.41, 5.74) is 7.53. The maximum Gasteiger partial charge on any atom is 0.220 e. The molecule has 0 aromatic carbocycles. The molecule has 1 saturated carbocycles. The lowest BCUT2D eigenvalue weighted by Crippen LogP contribution is -2.54. The predicted octanol–water partition coefficient (Wildman–Crippen LogP) is 0.507. The zero-order chi connectivity index (χ0) is 14.1. The van der Waals surface area contributed by atoms with Crippen LogP contribution < -0.4 is 11.1 Å². The third-order valence-electron chi connectivity index (χ3n) is 3.97. The minimum Gasteiger partial charge on any atom is -0.352 e. The van der Waals surface area contributed by atoms with Gasteiger partial charge in [0.15, 0.2) is 5.65 Å². The molecule has 1 aliphatic carbocycles. The van der Waals surface area contributed by atoms with E-state index in [1.54, 1.807) is 6.20 Å². The Balaban J connectivity index is 1.62. The molecule has 0 radical (unpaired) electrons. The molecule has 0 unspecified atom stereocenters. The van der Waals surface area contributed by atoms with Crippen molar-refractivity contribution in [2.24, 2.45) is 12.8 Å². The lowest BCUT2D eigenvalue weighted by atomic mass is 9.87. The molecular formula is C14H19N5O.